The van der Waals surface area contributed by atoms with E-state index in [4.69, 9.17) is 14.4 Å². The first-order valence-corrected chi connectivity index (χ1v) is 10.1. The van der Waals surface area contributed by atoms with Gasteiger partial charge >= 0.3 is 0 Å². The molecular formula is C22H17N5OS. The second-order valence-electron chi connectivity index (χ2n) is 6.37. The maximum absolute atomic E-state index is 5.51. The quantitative estimate of drug-likeness (QED) is 0.373. The van der Waals surface area contributed by atoms with Crippen LogP contribution in [0.15, 0.2) is 87.6 Å². The molecule has 0 fully saturated rings. The number of hydrogen-bond acceptors (Lipinski definition) is 6. The fourth-order valence-corrected chi connectivity index (χ4v) is 4.16. The number of nitrogens with zero attached hydrogens (tertiary/aromatic N) is 5. The van der Waals surface area contributed by atoms with Gasteiger partial charge in [0.1, 0.15) is 5.03 Å². The van der Waals surface area contributed by atoms with Crippen molar-refractivity contribution in [2.75, 3.05) is 0 Å². The number of benzene rings is 2. The van der Waals surface area contributed by atoms with Gasteiger partial charge in [-0.3, -0.25) is 4.57 Å². The lowest BCUT2D eigenvalue weighted by Gasteiger charge is -2.09. The van der Waals surface area contributed by atoms with Crippen molar-refractivity contribution in [2.24, 2.45) is 0 Å². The van der Waals surface area contributed by atoms with Gasteiger partial charge in [-0.15, -0.1) is 10.2 Å². The van der Waals surface area contributed by atoms with E-state index in [0.29, 0.717) is 17.4 Å². The highest BCUT2D eigenvalue weighted by Crippen LogP contribution is 2.34. The third-order valence-electron chi connectivity index (χ3n) is 4.56. The van der Waals surface area contributed by atoms with Crippen LogP contribution in [0, 0.1) is 0 Å². The highest BCUT2D eigenvalue weighted by atomic mass is 32.2. The first-order valence-electron chi connectivity index (χ1n) is 9.30. The van der Waals surface area contributed by atoms with Gasteiger partial charge < -0.3 is 4.42 Å². The molecule has 0 bridgehead atoms. The Morgan fingerprint density at radius 1 is 0.897 bits per heavy atom. The van der Waals surface area contributed by atoms with E-state index in [-0.39, 0.29) is 0 Å². The smallest absolute Gasteiger partial charge is 0.200 e. The Morgan fingerprint density at radius 2 is 1.72 bits per heavy atom. The molecule has 5 rings (SSSR count). The highest BCUT2D eigenvalue weighted by Gasteiger charge is 2.18. The first kappa shape index (κ1) is 17.6. The number of fused-ring (bicyclic) bond motifs is 1. The maximum Gasteiger partial charge on any atom is 0.200 e. The van der Waals surface area contributed by atoms with E-state index in [1.54, 1.807) is 6.26 Å². The van der Waals surface area contributed by atoms with Crippen molar-refractivity contribution in [3.63, 3.8) is 0 Å². The molecule has 7 heteroatoms. The monoisotopic (exact) mass is 399 g/mol. The molecule has 0 atom stereocenters. The average molecular weight is 399 g/mol. The van der Waals surface area contributed by atoms with Crippen LogP contribution >= 0.6 is 11.8 Å². The van der Waals surface area contributed by atoms with E-state index in [9.17, 15) is 0 Å². The van der Waals surface area contributed by atoms with E-state index in [2.05, 4.69) is 17.1 Å². The van der Waals surface area contributed by atoms with Crippen LogP contribution in [-0.2, 0) is 6.54 Å². The first-order chi connectivity index (χ1) is 14.3. The van der Waals surface area contributed by atoms with Crippen LogP contribution in [0.1, 0.15) is 6.92 Å². The normalized spacial score (nSPS) is 11.2. The SMILES string of the molecule is CCn1c(Sc2nc(-c3ccccc3)nc3ccccc23)nnc1-c1ccco1. The van der Waals surface area contributed by atoms with Crippen LogP contribution in [0.25, 0.3) is 33.9 Å². The molecule has 29 heavy (non-hydrogen) atoms. The summed E-state index contributed by atoms with van der Waals surface area (Å²) < 4.78 is 7.54. The summed E-state index contributed by atoms with van der Waals surface area (Å²) in [5, 5.41) is 11.3. The molecule has 5 aromatic rings. The van der Waals surface area contributed by atoms with Crippen LogP contribution < -0.4 is 0 Å². The second-order valence-corrected chi connectivity index (χ2v) is 7.32. The third-order valence-corrected chi connectivity index (χ3v) is 5.55. The molecule has 0 saturated heterocycles. The molecule has 0 unspecified atom stereocenters. The van der Waals surface area contributed by atoms with Crippen molar-refractivity contribution in [2.45, 2.75) is 23.7 Å². The van der Waals surface area contributed by atoms with E-state index < -0.39 is 0 Å². The van der Waals surface area contributed by atoms with Gasteiger partial charge in [0.15, 0.2) is 22.6 Å². The topological polar surface area (TPSA) is 69.6 Å². The van der Waals surface area contributed by atoms with Crippen molar-refractivity contribution in [1.29, 1.82) is 0 Å². The van der Waals surface area contributed by atoms with Crippen molar-refractivity contribution >= 4 is 22.7 Å². The Hall–Kier alpha value is -3.45. The summed E-state index contributed by atoms with van der Waals surface area (Å²) in [7, 11) is 0. The van der Waals surface area contributed by atoms with Crippen molar-refractivity contribution in [3.8, 4) is 23.0 Å². The minimum atomic E-state index is 0.695. The number of hydrogen-bond donors (Lipinski definition) is 0. The fraction of sp³-hybridized carbons (Fsp3) is 0.0909. The van der Waals surface area contributed by atoms with Gasteiger partial charge in [-0.1, -0.05) is 48.5 Å². The lowest BCUT2D eigenvalue weighted by molar-refractivity contribution is 0.567. The summed E-state index contributed by atoms with van der Waals surface area (Å²) in [6, 6.07) is 21.8. The largest absolute Gasteiger partial charge is 0.461 e. The van der Waals surface area contributed by atoms with Gasteiger partial charge in [-0.25, -0.2) is 9.97 Å². The van der Waals surface area contributed by atoms with E-state index >= 15 is 0 Å². The van der Waals surface area contributed by atoms with Crippen molar-refractivity contribution in [3.05, 3.63) is 73.0 Å². The Bertz CT molecular complexity index is 1270. The summed E-state index contributed by atoms with van der Waals surface area (Å²) >= 11 is 1.49. The zero-order valence-electron chi connectivity index (χ0n) is 15.7. The Morgan fingerprint density at radius 3 is 2.52 bits per heavy atom. The second kappa shape index (κ2) is 7.52. The van der Waals surface area contributed by atoms with Gasteiger partial charge in [0.2, 0.25) is 0 Å². The molecule has 3 heterocycles. The highest BCUT2D eigenvalue weighted by molar-refractivity contribution is 7.99. The molecule has 0 radical (unpaired) electrons. The zero-order valence-corrected chi connectivity index (χ0v) is 16.5. The Labute approximate surface area is 171 Å². The molecule has 0 amide bonds. The molecule has 142 valence electrons. The molecule has 2 aromatic carbocycles. The van der Waals surface area contributed by atoms with Crippen LogP contribution in [0.2, 0.25) is 0 Å². The van der Waals surface area contributed by atoms with Gasteiger partial charge in [0.25, 0.3) is 0 Å². The van der Waals surface area contributed by atoms with Gasteiger partial charge in [-0.2, -0.15) is 0 Å². The summed E-state index contributed by atoms with van der Waals surface area (Å²) in [6.45, 7) is 2.78. The predicted molar refractivity (Wildman–Crippen MR) is 112 cm³/mol. The van der Waals surface area contributed by atoms with Crippen LogP contribution in [0.4, 0.5) is 0 Å². The Kier molecular flexibility index (Phi) is 4.57. The lowest BCUT2D eigenvalue weighted by atomic mass is 10.2. The summed E-state index contributed by atoms with van der Waals surface area (Å²) in [4.78, 5) is 9.62. The van der Waals surface area contributed by atoms with Crippen LogP contribution in [-0.4, -0.2) is 24.7 Å². The van der Waals surface area contributed by atoms with E-state index in [0.717, 1.165) is 33.2 Å². The summed E-state index contributed by atoms with van der Waals surface area (Å²) in [6.07, 6.45) is 1.64. The van der Waals surface area contributed by atoms with Crippen LogP contribution in [0.5, 0.6) is 0 Å². The van der Waals surface area contributed by atoms with E-state index in [1.807, 2.05) is 71.3 Å². The minimum absolute atomic E-state index is 0.695. The molecule has 0 spiro atoms. The van der Waals surface area contributed by atoms with Gasteiger partial charge in [0, 0.05) is 17.5 Å². The van der Waals surface area contributed by atoms with Crippen LogP contribution in [0.3, 0.4) is 0 Å². The van der Waals surface area contributed by atoms with Crippen molar-refractivity contribution < 1.29 is 4.42 Å². The summed E-state index contributed by atoms with van der Waals surface area (Å²) in [5.74, 6) is 2.10. The minimum Gasteiger partial charge on any atom is -0.461 e. The van der Waals surface area contributed by atoms with E-state index in [1.165, 1.54) is 11.8 Å². The number of aromatic nitrogens is 5. The lowest BCUT2D eigenvalue weighted by Crippen LogP contribution is -2.00. The Balaban J connectivity index is 1.62. The predicted octanol–water partition coefficient (Wildman–Crippen LogP) is 5.32. The number of furan rings is 1. The molecule has 0 aliphatic rings. The zero-order chi connectivity index (χ0) is 19.6. The average Bonchev–Trinajstić information content (AvgIpc) is 3.44. The fourth-order valence-electron chi connectivity index (χ4n) is 3.17. The summed E-state index contributed by atoms with van der Waals surface area (Å²) in [5.41, 5.74) is 1.88. The standard InChI is InChI=1S/C22H17N5OS/c1-2-27-20(18-13-8-14-28-18)25-26-22(27)29-21-16-11-6-7-12-17(16)23-19(24-21)15-9-4-3-5-10-15/h3-14H,2H2,1H3. The molecule has 0 aliphatic carbocycles. The van der Waals surface area contributed by atoms with Crippen molar-refractivity contribution in [1.82, 2.24) is 24.7 Å². The number of rotatable bonds is 5. The number of para-hydroxylation sites is 1. The molecular weight excluding hydrogens is 382 g/mol. The molecule has 0 aliphatic heterocycles. The molecule has 0 saturated carbocycles. The molecule has 3 aromatic heterocycles. The van der Waals surface area contributed by atoms with Gasteiger partial charge in [0.05, 0.1) is 11.8 Å². The third kappa shape index (κ3) is 3.30. The maximum atomic E-state index is 5.51. The molecule has 0 N–H and O–H groups in total. The molecule has 6 nitrogen and oxygen atoms in total. The van der Waals surface area contributed by atoms with Gasteiger partial charge in [-0.05, 0) is 36.9 Å².